The number of hydrogen-bond donors (Lipinski definition) is 0. The van der Waals surface area contributed by atoms with Crippen molar-refractivity contribution in [3.05, 3.63) is 35.7 Å². The summed E-state index contributed by atoms with van der Waals surface area (Å²) in [4.78, 5) is 21.2. The van der Waals surface area contributed by atoms with Crippen molar-refractivity contribution in [2.75, 3.05) is 6.61 Å². The Morgan fingerprint density at radius 1 is 1.27 bits per heavy atom. The molecule has 4 nitrogen and oxygen atoms in total. The van der Waals surface area contributed by atoms with E-state index in [-0.39, 0.29) is 16.8 Å². The van der Waals surface area contributed by atoms with Crippen LogP contribution < -0.4 is 0 Å². The fraction of sp³-hybridized carbons (Fsp3) is 0.500. The average molecular weight is 296 g/mol. The summed E-state index contributed by atoms with van der Waals surface area (Å²) in [5.74, 6) is 0.172. The van der Waals surface area contributed by atoms with E-state index in [0.29, 0.717) is 12.5 Å². The zero-order valence-electron chi connectivity index (χ0n) is 13.2. The smallest absolute Gasteiger partial charge is 0.302 e. The molecule has 2 atom stereocenters. The van der Waals surface area contributed by atoms with Gasteiger partial charge in [0.25, 0.3) is 0 Å². The second kappa shape index (κ2) is 4.28. The monoisotopic (exact) mass is 296 g/mol. The Labute approximate surface area is 129 Å². The summed E-state index contributed by atoms with van der Waals surface area (Å²) in [6, 6.07) is 8.00. The van der Waals surface area contributed by atoms with E-state index in [4.69, 9.17) is 14.7 Å². The zero-order chi connectivity index (χ0) is 15.5. The summed E-state index contributed by atoms with van der Waals surface area (Å²) in [7, 11) is 0. The van der Waals surface area contributed by atoms with Crippen molar-refractivity contribution in [1.29, 1.82) is 0 Å². The van der Waals surface area contributed by atoms with E-state index in [1.54, 1.807) is 0 Å². The van der Waals surface area contributed by atoms with E-state index in [2.05, 4.69) is 13.8 Å². The average Bonchev–Trinajstić information content (AvgIpc) is 2.85. The van der Waals surface area contributed by atoms with Crippen LogP contribution in [-0.4, -0.2) is 22.5 Å². The first kappa shape index (κ1) is 13.7. The Bertz CT molecular complexity index is 784. The number of carbonyl (C=O) groups excluding carboxylic acids is 1. The highest BCUT2D eigenvalue weighted by Gasteiger charge is 2.64. The zero-order valence-corrected chi connectivity index (χ0v) is 13.2. The molecule has 1 saturated carbocycles. The van der Waals surface area contributed by atoms with Crippen molar-refractivity contribution >= 4 is 17.0 Å². The number of benzene rings is 1. The summed E-state index contributed by atoms with van der Waals surface area (Å²) in [6.45, 7) is 6.41. The van der Waals surface area contributed by atoms with Gasteiger partial charge >= 0.3 is 5.97 Å². The van der Waals surface area contributed by atoms with Crippen LogP contribution >= 0.6 is 0 Å². The molecule has 1 aromatic carbocycles. The molecule has 4 rings (SSSR count). The Morgan fingerprint density at radius 2 is 1.95 bits per heavy atom. The molecule has 2 bridgehead atoms. The van der Waals surface area contributed by atoms with Crippen molar-refractivity contribution in [2.24, 2.45) is 5.41 Å². The number of ether oxygens (including phenoxy) is 1. The van der Waals surface area contributed by atoms with Crippen LogP contribution in [0.1, 0.15) is 50.9 Å². The van der Waals surface area contributed by atoms with Gasteiger partial charge in [0.1, 0.15) is 6.61 Å². The molecule has 0 amide bonds. The van der Waals surface area contributed by atoms with Gasteiger partial charge in [-0.05, 0) is 30.4 Å². The fourth-order valence-corrected chi connectivity index (χ4v) is 4.47. The third-order valence-corrected chi connectivity index (χ3v) is 5.87. The highest BCUT2D eigenvalue weighted by atomic mass is 16.5. The van der Waals surface area contributed by atoms with Gasteiger partial charge in [0.05, 0.1) is 27.8 Å². The number of esters is 1. The van der Waals surface area contributed by atoms with E-state index < -0.39 is 0 Å². The second-order valence-electron chi connectivity index (χ2n) is 7.12. The van der Waals surface area contributed by atoms with Gasteiger partial charge in [0.15, 0.2) is 0 Å². The maximum atomic E-state index is 11.3. The van der Waals surface area contributed by atoms with Gasteiger partial charge < -0.3 is 4.74 Å². The standard InChI is InChI=1S/C18H20N2O2/c1-11(21)22-10-18-9-8-12(17(18,2)3)15-16(18)20-14-7-5-4-6-13(14)19-15/h4-7,12H,8-10H2,1-3H3. The van der Waals surface area contributed by atoms with E-state index in [9.17, 15) is 4.79 Å². The SMILES string of the molecule is CC(=O)OCC12CCC(c3nc4ccccc4nc31)C2(C)C. The van der Waals surface area contributed by atoms with E-state index >= 15 is 0 Å². The minimum atomic E-state index is -0.226. The maximum absolute atomic E-state index is 11.3. The number of aromatic nitrogens is 2. The normalized spacial score (nSPS) is 27.9. The predicted octanol–water partition coefficient (Wildman–Crippen LogP) is 3.35. The third-order valence-electron chi connectivity index (χ3n) is 5.87. The molecule has 2 unspecified atom stereocenters. The number of carbonyl (C=O) groups is 1. The highest BCUT2D eigenvalue weighted by molar-refractivity contribution is 5.75. The molecule has 4 heteroatoms. The lowest BCUT2D eigenvalue weighted by atomic mass is 9.69. The molecule has 1 heterocycles. The maximum Gasteiger partial charge on any atom is 0.302 e. The van der Waals surface area contributed by atoms with Crippen LogP contribution in [0.3, 0.4) is 0 Å². The van der Waals surface area contributed by atoms with Crippen molar-refractivity contribution in [3.63, 3.8) is 0 Å². The fourth-order valence-electron chi connectivity index (χ4n) is 4.47. The van der Waals surface area contributed by atoms with E-state index in [0.717, 1.165) is 35.3 Å². The van der Waals surface area contributed by atoms with Gasteiger partial charge in [-0.2, -0.15) is 0 Å². The summed E-state index contributed by atoms with van der Waals surface area (Å²) in [5, 5.41) is 0. The summed E-state index contributed by atoms with van der Waals surface area (Å²) >= 11 is 0. The Kier molecular flexibility index (Phi) is 2.66. The molecule has 2 aromatic rings. The van der Waals surface area contributed by atoms with Crippen molar-refractivity contribution in [1.82, 2.24) is 9.97 Å². The minimum absolute atomic E-state index is 0.0160. The Hall–Kier alpha value is -1.97. The van der Waals surface area contributed by atoms with Gasteiger partial charge in [-0.15, -0.1) is 0 Å². The van der Waals surface area contributed by atoms with Gasteiger partial charge in [0, 0.05) is 12.8 Å². The number of hydrogen-bond acceptors (Lipinski definition) is 4. The van der Waals surface area contributed by atoms with Crippen LogP contribution in [0.25, 0.3) is 11.0 Å². The molecule has 0 spiro atoms. The van der Waals surface area contributed by atoms with Crippen molar-refractivity contribution in [3.8, 4) is 0 Å². The molecule has 1 aromatic heterocycles. The van der Waals surface area contributed by atoms with Gasteiger partial charge in [0.2, 0.25) is 0 Å². The molecule has 0 radical (unpaired) electrons. The Balaban J connectivity index is 1.92. The highest BCUT2D eigenvalue weighted by Crippen LogP contribution is 2.67. The number of fused-ring (bicyclic) bond motifs is 6. The minimum Gasteiger partial charge on any atom is -0.465 e. The quantitative estimate of drug-likeness (QED) is 0.797. The first-order valence-electron chi connectivity index (χ1n) is 7.86. The summed E-state index contributed by atoms with van der Waals surface area (Å²) < 4.78 is 5.44. The molecule has 22 heavy (non-hydrogen) atoms. The van der Waals surface area contributed by atoms with Crippen LogP contribution in [0, 0.1) is 5.41 Å². The number of para-hydroxylation sites is 2. The van der Waals surface area contributed by atoms with Gasteiger partial charge in [-0.3, -0.25) is 4.79 Å². The van der Waals surface area contributed by atoms with Crippen LogP contribution in [-0.2, 0) is 14.9 Å². The molecule has 2 aliphatic carbocycles. The van der Waals surface area contributed by atoms with Gasteiger partial charge in [-0.1, -0.05) is 26.0 Å². The lowest BCUT2D eigenvalue weighted by Crippen LogP contribution is -2.40. The topological polar surface area (TPSA) is 52.1 Å². The Morgan fingerprint density at radius 3 is 2.64 bits per heavy atom. The van der Waals surface area contributed by atoms with E-state index in [1.165, 1.54) is 6.92 Å². The van der Waals surface area contributed by atoms with E-state index in [1.807, 2.05) is 24.3 Å². The molecule has 0 aliphatic heterocycles. The molecule has 114 valence electrons. The first-order chi connectivity index (χ1) is 10.5. The molecular formula is C18H20N2O2. The van der Waals surface area contributed by atoms with Crippen LogP contribution in [0.15, 0.2) is 24.3 Å². The largest absolute Gasteiger partial charge is 0.465 e. The second-order valence-corrected chi connectivity index (χ2v) is 7.12. The first-order valence-corrected chi connectivity index (χ1v) is 7.86. The molecule has 1 fully saturated rings. The third kappa shape index (κ3) is 1.55. The van der Waals surface area contributed by atoms with Gasteiger partial charge in [-0.25, -0.2) is 9.97 Å². The summed E-state index contributed by atoms with van der Waals surface area (Å²) in [5.41, 5.74) is 3.85. The summed E-state index contributed by atoms with van der Waals surface area (Å²) in [6.07, 6.45) is 2.10. The molecule has 0 N–H and O–H groups in total. The van der Waals surface area contributed by atoms with Crippen LogP contribution in [0.5, 0.6) is 0 Å². The number of rotatable bonds is 2. The number of nitrogens with zero attached hydrogens (tertiary/aromatic N) is 2. The lowest BCUT2D eigenvalue weighted by Gasteiger charge is -2.37. The molecule has 2 aliphatic rings. The van der Waals surface area contributed by atoms with Crippen LogP contribution in [0.4, 0.5) is 0 Å². The van der Waals surface area contributed by atoms with Crippen molar-refractivity contribution in [2.45, 2.75) is 44.9 Å². The van der Waals surface area contributed by atoms with Crippen LogP contribution in [0.2, 0.25) is 0 Å². The molecular weight excluding hydrogens is 276 g/mol. The predicted molar refractivity (Wildman–Crippen MR) is 83.6 cm³/mol. The lowest BCUT2D eigenvalue weighted by molar-refractivity contribution is -0.144. The van der Waals surface area contributed by atoms with Crippen molar-refractivity contribution < 1.29 is 9.53 Å². The molecule has 0 saturated heterocycles.